The van der Waals surface area contributed by atoms with E-state index < -0.39 is 0 Å². The maximum absolute atomic E-state index is 6.57. The molecule has 1 saturated heterocycles. The molecule has 0 bridgehead atoms. The fourth-order valence-electron chi connectivity index (χ4n) is 5.73. The van der Waals surface area contributed by atoms with Crippen molar-refractivity contribution in [3.63, 3.8) is 0 Å². The molecule has 1 fully saturated rings. The molecule has 0 amide bonds. The Morgan fingerprint density at radius 2 is 1.45 bits per heavy atom. The van der Waals surface area contributed by atoms with Gasteiger partial charge in [-0.3, -0.25) is 11.1 Å². The van der Waals surface area contributed by atoms with Crippen LogP contribution < -0.4 is 19.3 Å². The van der Waals surface area contributed by atoms with Crippen LogP contribution in [0, 0.1) is 49.5 Å². The number of para-hydroxylation sites is 1. The molecule has 0 N–H and O–H groups in total. The zero-order chi connectivity index (χ0) is 34.8. The third kappa shape index (κ3) is 10.5. The molecule has 2 aromatic heterocycles. The fraction of sp³-hybridized carbons (Fsp3) is 0.136. The summed E-state index contributed by atoms with van der Waals surface area (Å²) in [6.45, 7) is 4.11. The average molecular weight is 1050 g/mol. The first-order valence-electron chi connectivity index (χ1n) is 16.8. The van der Waals surface area contributed by atoms with Gasteiger partial charge in [-0.25, -0.2) is 24.2 Å². The summed E-state index contributed by atoms with van der Waals surface area (Å²) in [6, 6.07) is 47.8. The van der Waals surface area contributed by atoms with Gasteiger partial charge in [-0.15, -0.1) is 60.2 Å². The maximum Gasteiger partial charge on any atom is 4.00 e. The van der Waals surface area contributed by atoms with Gasteiger partial charge in [0.1, 0.15) is 0 Å². The van der Waals surface area contributed by atoms with Gasteiger partial charge >= 0.3 is 21.1 Å². The molecule has 0 saturated carbocycles. The number of aromatic nitrogens is 2. The summed E-state index contributed by atoms with van der Waals surface area (Å²) in [4.78, 5) is 11.1. The average Bonchev–Trinajstić information content (AvgIpc) is 3.88. The summed E-state index contributed by atoms with van der Waals surface area (Å²) in [5.74, 6) is 2.48. The van der Waals surface area contributed by atoms with Crippen LogP contribution in [0.15, 0.2) is 122 Å². The fourth-order valence-corrected chi connectivity index (χ4v) is 5.73. The number of anilines is 2. The normalized spacial score (nSPS) is 13.2. The number of nitrogens with zero attached hydrogens (tertiary/aromatic N) is 5. The van der Waals surface area contributed by atoms with Crippen LogP contribution in [0.3, 0.4) is 0 Å². The molecule has 9 heteroatoms. The minimum atomic E-state index is 0. The molecule has 4 aromatic carbocycles. The Balaban J connectivity index is 0.000000542. The summed E-state index contributed by atoms with van der Waals surface area (Å²) < 4.78 is 13.9. The molecule has 0 radical (unpaired) electrons. The topological polar surface area (TPSA) is 46.0 Å². The number of hydrogen-bond acceptors (Lipinski definition) is 6. The molecule has 8 rings (SSSR count). The van der Waals surface area contributed by atoms with E-state index in [-0.39, 0.29) is 42.1 Å². The standard InChI is InChI=1S/C38H30N4O2.C6H4N.2Pt/c1-40-20-21-42(28-40)33-25-32(41-18-6-3-7-19-41)26-37(27-33)44-36-15-9-11-31(23-36)38-24-30(16-17-39-38)29-10-8-14-35(22-29)43-34-12-4-2-5-13-34;1-2-7-5-3-4-6-7;;/h2,4-5,8-12,14-15,17,20-21,24-26,28H,3,6-7,18-19H2,1H3;3-6H;;/q-6;-1;;+4. The number of ether oxygens (including phenoxy) is 2. The van der Waals surface area contributed by atoms with Crippen LogP contribution in [-0.2, 0) is 42.1 Å². The van der Waals surface area contributed by atoms with Crippen LogP contribution in [0.2, 0.25) is 0 Å². The Bertz CT molecular complexity index is 2130. The van der Waals surface area contributed by atoms with Crippen molar-refractivity contribution in [2.24, 2.45) is 0 Å². The molecule has 0 unspecified atom stereocenters. The molecule has 7 nitrogen and oxygen atoms in total. The summed E-state index contributed by atoms with van der Waals surface area (Å²) in [5.41, 5.74) is 5.34. The van der Waals surface area contributed by atoms with Gasteiger partial charge in [0.2, 0.25) is 0 Å². The predicted octanol–water partition coefficient (Wildman–Crippen LogP) is 9.21. The van der Waals surface area contributed by atoms with Gasteiger partial charge in [0.05, 0.1) is 0 Å². The van der Waals surface area contributed by atoms with Crippen LogP contribution in [-0.4, -0.2) is 34.6 Å². The SMILES string of the molecule is CN1C=CN(c2[c-]c(Oc3[c-]c(-c4cc(-c5[c-]c(Oc6[c-]cccc6)ccc5)[c-]cn4)ccc3)cc(N3CCCCC3)c2)[CH-]1.[C-]#Cn1cccc1.[Pt+4].[Pt]. The van der Waals surface area contributed by atoms with E-state index in [0.717, 1.165) is 46.8 Å². The monoisotopic (exact) mass is 1050 g/mol. The molecule has 53 heavy (non-hydrogen) atoms. The number of rotatable bonds is 8. The second kappa shape index (κ2) is 19.2. The smallest absolute Gasteiger partial charge is 0.669 e. The Kier molecular flexibility index (Phi) is 14.2. The van der Waals surface area contributed by atoms with Crippen molar-refractivity contribution < 1.29 is 51.6 Å². The van der Waals surface area contributed by atoms with Crippen molar-refractivity contribution in [2.45, 2.75) is 19.3 Å². The Morgan fingerprint density at radius 3 is 2.13 bits per heavy atom. The molecule has 4 heterocycles. The quantitative estimate of drug-likeness (QED) is 0.112. The molecule has 0 aliphatic carbocycles. The molecule has 6 aromatic rings. The van der Waals surface area contributed by atoms with Crippen LogP contribution in [0.1, 0.15) is 19.3 Å². The van der Waals surface area contributed by atoms with Crippen molar-refractivity contribution in [2.75, 3.05) is 29.9 Å². The van der Waals surface area contributed by atoms with Gasteiger partial charge < -0.3 is 40.1 Å². The van der Waals surface area contributed by atoms with Gasteiger partial charge in [0.25, 0.3) is 0 Å². The molecule has 0 spiro atoms. The Labute approximate surface area is 341 Å². The first kappa shape index (κ1) is 39.2. The van der Waals surface area contributed by atoms with E-state index in [9.17, 15) is 0 Å². The van der Waals surface area contributed by atoms with Crippen molar-refractivity contribution >= 4 is 11.4 Å². The van der Waals surface area contributed by atoms with Gasteiger partial charge in [-0.05, 0) is 50.8 Å². The molecule has 0 atom stereocenters. The van der Waals surface area contributed by atoms with E-state index in [1.165, 1.54) is 19.3 Å². The second-order valence-corrected chi connectivity index (χ2v) is 12.0. The molecule has 2 aliphatic rings. The van der Waals surface area contributed by atoms with Crippen LogP contribution in [0.25, 0.3) is 22.4 Å². The zero-order valence-corrected chi connectivity index (χ0v) is 33.4. The van der Waals surface area contributed by atoms with Gasteiger partial charge in [-0.1, -0.05) is 29.3 Å². The summed E-state index contributed by atoms with van der Waals surface area (Å²) in [6.07, 6.45) is 19.5. The maximum atomic E-state index is 6.57. The zero-order valence-electron chi connectivity index (χ0n) is 28.8. The summed E-state index contributed by atoms with van der Waals surface area (Å²) in [5, 5.41) is 0. The summed E-state index contributed by atoms with van der Waals surface area (Å²) >= 11 is 0. The predicted molar refractivity (Wildman–Crippen MR) is 199 cm³/mol. The number of pyridine rings is 1. The Hall–Kier alpha value is -5.01. The van der Waals surface area contributed by atoms with Gasteiger partial charge in [0.15, 0.2) is 0 Å². The third-order valence-electron chi connectivity index (χ3n) is 8.24. The van der Waals surface area contributed by atoms with E-state index in [2.05, 4.69) is 63.3 Å². The van der Waals surface area contributed by atoms with E-state index in [1.54, 1.807) is 23.2 Å². The molecular weight excluding hydrogens is 1020 g/mol. The van der Waals surface area contributed by atoms with E-state index in [4.69, 9.17) is 15.9 Å². The number of benzene rings is 4. The molecule has 2 aliphatic heterocycles. The van der Waals surface area contributed by atoms with E-state index in [1.807, 2.05) is 110 Å². The number of hydrogen-bond donors (Lipinski definition) is 0. The van der Waals surface area contributed by atoms with Gasteiger partial charge in [0, 0.05) is 69.5 Å². The largest absolute Gasteiger partial charge is 4.00 e. The first-order valence-corrected chi connectivity index (χ1v) is 16.8. The van der Waals surface area contributed by atoms with Crippen LogP contribution in [0.4, 0.5) is 11.4 Å². The summed E-state index contributed by atoms with van der Waals surface area (Å²) in [7, 11) is 2.01. The molecule has 270 valence electrons. The van der Waals surface area contributed by atoms with Crippen LogP contribution >= 0.6 is 0 Å². The number of piperidine rings is 1. The Morgan fingerprint density at radius 1 is 0.736 bits per heavy atom. The van der Waals surface area contributed by atoms with Crippen molar-refractivity contribution in [3.8, 4) is 51.4 Å². The minimum Gasteiger partial charge on any atom is -0.669 e. The third-order valence-corrected chi connectivity index (χ3v) is 8.24. The van der Waals surface area contributed by atoms with E-state index in [0.29, 0.717) is 23.0 Å². The van der Waals surface area contributed by atoms with Gasteiger partial charge in [-0.2, -0.15) is 37.0 Å². The second-order valence-electron chi connectivity index (χ2n) is 12.0. The van der Waals surface area contributed by atoms with Crippen molar-refractivity contribution in [1.29, 1.82) is 0 Å². The van der Waals surface area contributed by atoms with Crippen molar-refractivity contribution in [3.05, 3.63) is 165 Å². The first-order chi connectivity index (χ1) is 25.1. The van der Waals surface area contributed by atoms with Crippen LogP contribution in [0.5, 0.6) is 23.0 Å². The molecular formula is C44H34N5O2Pt2-3. The van der Waals surface area contributed by atoms with E-state index >= 15 is 0 Å². The van der Waals surface area contributed by atoms with Crippen molar-refractivity contribution in [1.82, 2.24) is 14.5 Å². The minimum absolute atomic E-state index is 0.